The SMILES string of the molecule is CC1(C)C(N)C1c1sccc1Br. The number of hydrogen-bond acceptors (Lipinski definition) is 2. The standard InChI is InChI=1S/C9H12BrNS/c1-9(2)6(8(9)11)7-5(10)3-4-12-7/h3-4,6,8H,11H2,1-2H3. The van der Waals surface area contributed by atoms with Gasteiger partial charge in [-0.05, 0) is 32.8 Å². The molecule has 0 saturated heterocycles. The Kier molecular flexibility index (Phi) is 1.86. The summed E-state index contributed by atoms with van der Waals surface area (Å²) >= 11 is 5.34. The molecule has 0 spiro atoms. The Hall–Kier alpha value is 0.140. The van der Waals surface area contributed by atoms with Crippen LogP contribution in [-0.4, -0.2) is 6.04 Å². The highest BCUT2D eigenvalue weighted by Gasteiger charge is 2.57. The molecule has 2 atom stereocenters. The minimum Gasteiger partial charge on any atom is -0.327 e. The van der Waals surface area contributed by atoms with Gasteiger partial charge in [0.25, 0.3) is 0 Å². The molecule has 1 heterocycles. The van der Waals surface area contributed by atoms with Gasteiger partial charge in [0.2, 0.25) is 0 Å². The zero-order valence-corrected chi connectivity index (χ0v) is 9.58. The lowest BCUT2D eigenvalue weighted by Crippen LogP contribution is -2.06. The first-order valence-electron chi connectivity index (χ1n) is 4.03. The van der Waals surface area contributed by atoms with Gasteiger partial charge in [-0.2, -0.15) is 0 Å². The molecule has 1 aliphatic rings. The van der Waals surface area contributed by atoms with E-state index in [0.717, 1.165) is 0 Å². The highest BCUT2D eigenvalue weighted by Crippen LogP contribution is 2.59. The van der Waals surface area contributed by atoms with Crippen molar-refractivity contribution in [3.63, 3.8) is 0 Å². The zero-order valence-electron chi connectivity index (χ0n) is 7.17. The number of hydrogen-bond donors (Lipinski definition) is 1. The lowest BCUT2D eigenvalue weighted by Gasteiger charge is -1.99. The molecule has 1 saturated carbocycles. The first kappa shape index (κ1) is 8.73. The molecule has 2 rings (SSSR count). The molecule has 2 unspecified atom stereocenters. The van der Waals surface area contributed by atoms with E-state index in [1.165, 1.54) is 9.35 Å². The van der Waals surface area contributed by atoms with E-state index in [4.69, 9.17) is 5.73 Å². The highest BCUT2D eigenvalue weighted by atomic mass is 79.9. The van der Waals surface area contributed by atoms with Crippen LogP contribution in [-0.2, 0) is 0 Å². The van der Waals surface area contributed by atoms with Gasteiger partial charge in [-0.15, -0.1) is 11.3 Å². The number of halogens is 1. The molecule has 0 aliphatic heterocycles. The second-order valence-electron chi connectivity index (χ2n) is 3.96. The molecule has 1 aromatic rings. The van der Waals surface area contributed by atoms with Crippen LogP contribution in [0.5, 0.6) is 0 Å². The van der Waals surface area contributed by atoms with Crippen LogP contribution in [0, 0.1) is 5.41 Å². The Bertz CT molecular complexity index is 305. The predicted molar refractivity (Wildman–Crippen MR) is 56.5 cm³/mol. The van der Waals surface area contributed by atoms with E-state index < -0.39 is 0 Å². The van der Waals surface area contributed by atoms with Crippen LogP contribution in [0.3, 0.4) is 0 Å². The van der Waals surface area contributed by atoms with Gasteiger partial charge >= 0.3 is 0 Å². The van der Waals surface area contributed by atoms with E-state index >= 15 is 0 Å². The van der Waals surface area contributed by atoms with Gasteiger partial charge in [-0.1, -0.05) is 13.8 Å². The Morgan fingerprint density at radius 2 is 2.17 bits per heavy atom. The molecular weight excluding hydrogens is 234 g/mol. The molecule has 0 bridgehead atoms. The molecular formula is C9H12BrNS. The van der Waals surface area contributed by atoms with E-state index in [-0.39, 0.29) is 0 Å². The molecule has 1 aromatic heterocycles. The second kappa shape index (κ2) is 2.56. The van der Waals surface area contributed by atoms with Gasteiger partial charge in [0.1, 0.15) is 0 Å². The average Bonchev–Trinajstić information content (AvgIpc) is 2.39. The maximum Gasteiger partial charge on any atom is 0.0318 e. The maximum atomic E-state index is 5.99. The third-order valence-electron chi connectivity index (χ3n) is 2.84. The Balaban J connectivity index is 2.30. The van der Waals surface area contributed by atoms with Crippen molar-refractivity contribution in [3.8, 4) is 0 Å². The van der Waals surface area contributed by atoms with E-state index in [2.05, 4.69) is 41.2 Å². The van der Waals surface area contributed by atoms with Crippen LogP contribution in [0.2, 0.25) is 0 Å². The predicted octanol–water partition coefficient (Wildman–Crippen LogP) is 2.96. The van der Waals surface area contributed by atoms with Gasteiger partial charge in [-0.3, -0.25) is 0 Å². The van der Waals surface area contributed by atoms with E-state index in [1.807, 2.05) is 0 Å². The van der Waals surface area contributed by atoms with E-state index in [0.29, 0.717) is 17.4 Å². The lowest BCUT2D eigenvalue weighted by atomic mass is 10.1. The van der Waals surface area contributed by atoms with Gasteiger partial charge in [-0.25, -0.2) is 0 Å². The molecule has 66 valence electrons. The van der Waals surface area contributed by atoms with Gasteiger partial charge in [0.15, 0.2) is 0 Å². The smallest absolute Gasteiger partial charge is 0.0318 e. The van der Waals surface area contributed by atoms with Crippen LogP contribution in [0.15, 0.2) is 15.9 Å². The number of rotatable bonds is 1. The highest BCUT2D eigenvalue weighted by molar-refractivity contribution is 9.10. The lowest BCUT2D eigenvalue weighted by molar-refractivity contribution is 0.601. The summed E-state index contributed by atoms with van der Waals surface area (Å²) in [7, 11) is 0. The van der Waals surface area contributed by atoms with Crippen molar-refractivity contribution in [2.45, 2.75) is 25.8 Å². The summed E-state index contributed by atoms with van der Waals surface area (Å²) in [5, 5.41) is 2.11. The summed E-state index contributed by atoms with van der Waals surface area (Å²) in [6.07, 6.45) is 0. The summed E-state index contributed by atoms with van der Waals surface area (Å²) in [5.74, 6) is 0.562. The number of thiophene rings is 1. The van der Waals surface area contributed by atoms with Gasteiger partial charge < -0.3 is 5.73 Å². The summed E-state index contributed by atoms with van der Waals surface area (Å²) in [5.41, 5.74) is 6.29. The average molecular weight is 246 g/mol. The monoisotopic (exact) mass is 245 g/mol. The molecule has 3 heteroatoms. The van der Waals surface area contributed by atoms with Crippen molar-refractivity contribution in [1.82, 2.24) is 0 Å². The summed E-state index contributed by atoms with van der Waals surface area (Å²) < 4.78 is 1.22. The van der Waals surface area contributed by atoms with Crippen molar-refractivity contribution in [1.29, 1.82) is 0 Å². The Morgan fingerprint density at radius 1 is 1.58 bits per heavy atom. The van der Waals surface area contributed by atoms with Crippen molar-refractivity contribution in [3.05, 3.63) is 20.8 Å². The Labute approximate surface area is 85.1 Å². The third-order valence-corrected chi connectivity index (χ3v) is 4.79. The maximum absolute atomic E-state index is 5.99. The summed E-state index contributed by atoms with van der Waals surface area (Å²) in [4.78, 5) is 1.41. The topological polar surface area (TPSA) is 26.0 Å². The van der Waals surface area contributed by atoms with Crippen LogP contribution in [0.4, 0.5) is 0 Å². The molecule has 0 amide bonds. The summed E-state index contributed by atoms with van der Waals surface area (Å²) in [6.45, 7) is 4.46. The molecule has 1 nitrogen and oxygen atoms in total. The first-order valence-corrected chi connectivity index (χ1v) is 5.71. The molecule has 1 fully saturated rings. The molecule has 2 N–H and O–H groups in total. The minimum absolute atomic E-state index is 0.299. The van der Waals surface area contributed by atoms with Crippen molar-refractivity contribution in [2.24, 2.45) is 11.1 Å². The van der Waals surface area contributed by atoms with Crippen LogP contribution < -0.4 is 5.73 Å². The quantitative estimate of drug-likeness (QED) is 0.810. The van der Waals surface area contributed by atoms with Crippen molar-refractivity contribution >= 4 is 27.3 Å². The normalized spacial score (nSPS) is 32.0. The fourth-order valence-electron chi connectivity index (χ4n) is 1.71. The fraction of sp³-hybridized carbons (Fsp3) is 0.556. The zero-order chi connectivity index (χ0) is 8.93. The molecule has 12 heavy (non-hydrogen) atoms. The van der Waals surface area contributed by atoms with Crippen molar-refractivity contribution < 1.29 is 0 Å². The van der Waals surface area contributed by atoms with Crippen LogP contribution in [0.25, 0.3) is 0 Å². The number of nitrogens with two attached hydrogens (primary N) is 1. The van der Waals surface area contributed by atoms with Crippen molar-refractivity contribution in [2.75, 3.05) is 0 Å². The van der Waals surface area contributed by atoms with Crippen LogP contribution in [0.1, 0.15) is 24.6 Å². The summed E-state index contributed by atoms with van der Waals surface area (Å²) in [6, 6.07) is 2.44. The second-order valence-corrected chi connectivity index (χ2v) is 5.76. The van der Waals surface area contributed by atoms with Gasteiger partial charge in [0.05, 0.1) is 0 Å². The molecule has 0 aromatic carbocycles. The molecule has 0 radical (unpaired) electrons. The fourth-order valence-corrected chi connectivity index (χ4v) is 3.67. The van der Waals surface area contributed by atoms with E-state index in [1.54, 1.807) is 11.3 Å². The Morgan fingerprint density at radius 3 is 2.50 bits per heavy atom. The van der Waals surface area contributed by atoms with Gasteiger partial charge in [0, 0.05) is 21.3 Å². The minimum atomic E-state index is 0.299. The van der Waals surface area contributed by atoms with Crippen LogP contribution >= 0.6 is 27.3 Å². The molecule has 1 aliphatic carbocycles. The third kappa shape index (κ3) is 1.07. The largest absolute Gasteiger partial charge is 0.327 e. The first-order chi connectivity index (χ1) is 5.55. The van der Waals surface area contributed by atoms with E-state index in [9.17, 15) is 0 Å².